The second-order valence-electron chi connectivity index (χ2n) is 2.95. The van der Waals surface area contributed by atoms with E-state index < -0.39 is 0 Å². The van der Waals surface area contributed by atoms with E-state index in [1.54, 1.807) is 11.3 Å². The third kappa shape index (κ3) is 1.75. The first-order chi connectivity index (χ1) is 6.79. The Labute approximate surface area is 86.8 Å². The SMILES string of the molecule is CNc1cc(-c2ccsc2)nc(C)n1. The fourth-order valence-electron chi connectivity index (χ4n) is 1.25. The highest BCUT2D eigenvalue weighted by molar-refractivity contribution is 7.08. The number of thiophene rings is 1. The van der Waals surface area contributed by atoms with Gasteiger partial charge in [0.15, 0.2) is 0 Å². The number of aromatic nitrogens is 2. The van der Waals surface area contributed by atoms with Gasteiger partial charge in [0.25, 0.3) is 0 Å². The highest BCUT2D eigenvalue weighted by Gasteiger charge is 2.03. The van der Waals surface area contributed by atoms with Gasteiger partial charge in [-0.2, -0.15) is 11.3 Å². The summed E-state index contributed by atoms with van der Waals surface area (Å²) in [5.74, 6) is 1.65. The molecule has 0 fully saturated rings. The van der Waals surface area contributed by atoms with Crippen LogP contribution in [0.5, 0.6) is 0 Å². The molecule has 1 N–H and O–H groups in total. The fraction of sp³-hybridized carbons (Fsp3) is 0.200. The summed E-state index contributed by atoms with van der Waals surface area (Å²) in [6, 6.07) is 4.01. The Morgan fingerprint density at radius 3 is 2.86 bits per heavy atom. The summed E-state index contributed by atoms with van der Waals surface area (Å²) in [7, 11) is 1.86. The standard InChI is InChI=1S/C10H11N3S/c1-7-12-9(5-10(11-2)13-7)8-3-4-14-6-8/h3-6H,1-2H3,(H,11,12,13). The Morgan fingerprint density at radius 1 is 1.36 bits per heavy atom. The smallest absolute Gasteiger partial charge is 0.130 e. The Kier molecular flexibility index (Phi) is 2.45. The van der Waals surface area contributed by atoms with Gasteiger partial charge in [-0.25, -0.2) is 9.97 Å². The normalized spacial score (nSPS) is 10.1. The maximum Gasteiger partial charge on any atom is 0.130 e. The van der Waals surface area contributed by atoms with Crippen molar-refractivity contribution in [3.63, 3.8) is 0 Å². The minimum absolute atomic E-state index is 0.790. The molecule has 2 aromatic rings. The van der Waals surface area contributed by atoms with Crippen molar-refractivity contribution < 1.29 is 0 Å². The molecule has 0 atom stereocenters. The van der Waals surface area contributed by atoms with Gasteiger partial charge in [-0.1, -0.05) is 0 Å². The van der Waals surface area contributed by atoms with Gasteiger partial charge in [-0.3, -0.25) is 0 Å². The largest absolute Gasteiger partial charge is 0.373 e. The van der Waals surface area contributed by atoms with Crippen LogP contribution < -0.4 is 5.32 Å². The van der Waals surface area contributed by atoms with E-state index in [0.717, 1.165) is 22.9 Å². The van der Waals surface area contributed by atoms with Crippen molar-refractivity contribution in [1.82, 2.24) is 9.97 Å². The molecular weight excluding hydrogens is 194 g/mol. The molecule has 0 spiro atoms. The summed E-state index contributed by atoms with van der Waals surface area (Å²) in [4.78, 5) is 8.62. The predicted octanol–water partition coefficient (Wildman–Crippen LogP) is 2.56. The van der Waals surface area contributed by atoms with E-state index >= 15 is 0 Å². The molecule has 0 saturated carbocycles. The zero-order valence-corrected chi connectivity index (χ0v) is 8.93. The van der Waals surface area contributed by atoms with Crippen molar-refractivity contribution in [3.8, 4) is 11.3 Å². The summed E-state index contributed by atoms with van der Waals surface area (Å²) >= 11 is 1.67. The second kappa shape index (κ2) is 3.75. The van der Waals surface area contributed by atoms with E-state index in [4.69, 9.17) is 0 Å². The van der Waals surface area contributed by atoms with Gasteiger partial charge in [0.2, 0.25) is 0 Å². The van der Waals surface area contributed by atoms with Gasteiger partial charge >= 0.3 is 0 Å². The van der Waals surface area contributed by atoms with Crippen molar-refractivity contribution in [2.24, 2.45) is 0 Å². The lowest BCUT2D eigenvalue weighted by Crippen LogP contribution is -1.97. The minimum Gasteiger partial charge on any atom is -0.373 e. The van der Waals surface area contributed by atoms with Crippen LogP contribution >= 0.6 is 11.3 Å². The lowest BCUT2D eigenvalue weighted by Gasteiger charge is -2.03. The molecule has 0 aliphatic rings. The maximum absolute atomic E-state index is 4.38. The summed E-state index contributed by atoms with van der Waals surface area (Å²) in [6.07, 6.45) is 0. The van der Waals surface area contributed by atoms with E-state index in [1.165, 1.54) is 0 Å². The predicted molar refractivity (Wildman–Crippen MR) is 59.6 cm³/mol. The number of hydrogen-bond acceptors (Lipinski definition) is 4. The average molecular weight is 205 g/mol. The zero-order chi connectivity index (χ0) is 9.97. The number of nitrogens with zero attached hydrogens (tertiary/aromatic N) is 2. The van der Waals surface area contributed by atoms with Crippen molar-refractivity contribution in [2.75, 3.05) is 12.4 Å². The molecule has 0 aliphatic heterocycles. The molecule has 14 heavy (non-hydrogen) atoms. The van der Waals surface area contributed by atoms with Gasteiger partial charge in [-0.15, -0.1) is 0 Å². The number of anilines is 1. The monoisotopic (exact) mass is 205 g/mol. The van der Waals surface area contributed by atoms with Crippen LogP contribution in [-0.2, 0) is 0 Å². The first-order valence-corrected chi connectivity index (χ1v) is 5.30. The van der Waals surface area contributed by atoms with E-state index in [-0.39, 0.29) is 0 Å². The average Bonchev–Trinajstić information content (AvgIpc) is 2.69. The quantitative estimate of drug-likeness (QED) is 0.818. The molecule has 0 bridgehead atoms. The number of hydrogen-bond donors (Lipinski definition) is 1. The maximum atomic E-state index is 4.38. The van der Waals surface area contributed by atoms with Crippen LogP contribution in [0.1, 0.15) is 5.82 Å². The Morgan fingerprint density at radius 2 is 2.21 bits per heavy atom. The topological polar surface area (TPSA) is 37.8 Å². The van der Waals surface area contributed by atoms with E-state index in [0.29, 0.717) is 0 Å². The van der Waals surface area contributed by atoms with Crippen LogP contribution in [0.15, 0.2) is 22.9 Å². The Bertz CT molecular complexity index is 423. The minimum atomic E-state index is 0.790. The van der Waals surface area contributed by atoms with Crippen LogP contribution in [0, 0.1) is 6.92 Å². The van der Waals surface area contributed by atoms with Gasteiger partial charge in [-0.05, 0) is 18.4 Å². The van der Waals surface area contributed by atoms with Crippen LogP contribution in [0.3, 0.4) is 0 Å². The van der Waals surface area contributed by atoms with Gasteiger partial charge < -0.3 is 5.32 Å². The highest BCUT2D eigenvalue weighted by Crippen LogP contribution is 2.21. The second-order valence-corrected chi connectivity index (χ2v) is 3.73. The lowest BCUT2D eigenvalue weighted by molar-refractivity contribution is 1.06. The third-order valence-electron chi connectivity index (χ3n) is 1.91. The molecule has 0 aromatic carbocycles. The summed E-state index contributed by atoms with van der Waals surface area (Å²) in [6.45, 7) is 1.90. The molecule has 0 amide bonds. The fourth-order valence-corrected chi connectivity index (χ4v) is 1.90. The molecule has 72 valence electrons. The Hall–Kier alpha value is -1.42. The number of aryl methyl sites for hydroxylation is 1. The zero-order valence-electron chi connectivity index (χ0n) is 8.11. The van der Waals surface area contributed by atoms with E-state index in [9.17, 15) is 0 Å². The summed E-state index contributed by atoms with van der Waals surface area (Å²) in [5.41, 5.74) is 2.13. The van der Waals surface area contributed by atoms with Crippen LogP contribution in [0.2, 0.25) is 0 Å². The number of rotatable bonds is 2. The van der Waals surface area contributed by atoms with Crippen molar-refractivity contribution in [2.45, 2.75) is 6.92 Å². The molecule has 2 rings (SSSR count). The van der Waals surface area contributed by atoms with Gasteiger partial charge in [0.1, 0.15) is 11.6 Å². The van der Waals surface area contributed by atoms with Gasteiger partial charge in [0.05, 0.1) is 5.69 Å². The molecule has 0 unspecified atom stereocenters. The molecule has 2 aromatic heterocycles. The molecule has 2 heterocycles. The number of nitrogens with one attached hydrogen (secondary N) is 1. The highest BCUT2D eigenvalue weighted by atomic mass is 32.1. The van der Waals surface area contributed by atoms with Crippen LogP contribution in [0.25, 0.3) is 11.3 Å². The Balaban J connectivity index is 2.48. The summed E-state index contributed by atoms with van der Waals surface area (Å²) in [5, 5.41) is 7.15. The molecule has 0 radical (unpaired) electrons. The third-order valence-corrected chi connectivity index (χ3v) is 2.59. The van der Waals surface area contributed by atoms with E-state index in [2.05, 4.69) is 26.7 Å². The molecule has 0 aliphatic carbocycles. The first-order valence-electron chi connectivity index (χ1n) is 4.35. The van der Waals surface area contributed by atoms with Crippen LogP contribution in [-0.4, -0.2) is 17.0 Å². The summed E-state index contributed by atoms with van der Waals surface area (Å²) < 4.78 is 0. The molecular formula is C10H11N3S. The lowest BCUT2D eigenvalue weighted by atomic mass is 10.2. The van der Waals surface area contributed by atoms with E-state index in [1.807, 2.05) is 25.4 Å². The van der Waals surface area contributed by atoms with Crippen molar-refractivity contribution in [1.29, 1.82) is 0 Å². The molecule has 0 saturated heterocycles. The molecule has 3 nitrogen and oxygen atoms in total. The van der Waals surface area contributed by atoms with Crippen molar-refractivity contribution >= 4 is 17.2 Å². The van der Waals surface area contributed by atoms with Crippen LogP contribution in [0.4, 0.5) is 5.82 Å². The first kappa shape index (κ1) is 9.15. The molecule has 4 heteroatoms. The van der Waals surface area contributed by atoms with Gasteiger partial charge in [0, 0.05) is 24.1 Å². The van der Waals surface area contributed by atoms with Crippen molar-refractivity contribution in [3.05, 3.63) is 28.7 Å².